The highest BCUT2D eigenvalue weighted by Crippen LogP contribution is 2.31. The maximum atomic E-state index is 12.4. The number of piperidine rings is 1. The van der Waals surface area contributed by atoms with Gasteiger partial charge in [0.1, 0.15) is 17.0 Å². The van der Waals surface area contributed by atoms with Gasteiger partial charge in [-0.05, 0) is 42.9 Å². The minimum Gasteiger partial charge on any atom is -0.355 e. The number of benzene rings is 1. The summed E-state index contributed by atoms with van der Waals surface area (Å²) < 4.78 is 6.46. The number of aryl methyl sites for hydroxylation is 2. The molecule has 0 saturated carbocycles. The zero-order valence-corrected chi connectivity index (χ0v) is 19.8. The van der Waals surface area contributed by atoms with Crippen molar-refractivity contribution in [2.45, 2.75) is 46.6 Å². The van der Waals surface area contributed by atoms with Crippen LogP contribution in [0.5, 0.6) is 0 Å². The maximum absolute atomic E-state index is 12.4. The number of carbonyl (C=O) groups is 1. The molecule has 164 valence electrons. The maximum Gasteiger partial charge on any atom is 0.263 e. The monoisotopic (exact) mass is 485 g/mol. The number of aromatic nitrogens is 3. The van der Waals surface area contributed by atoms with Crippen LogP contribution in [0.4, 0.5) is 5.82 Å². The van der Waals surface area contributed by atoms with E-state index >= 15 is 0 Å². The van der Waals surface area contributed by atoms with Crippen LogP contribution in [0.25, 0.3) is 11.1 Å². The van der Waals surface area contributed by atoms with Crippen LogP contribution in [0.1, 0.15) is 43.8 Å². The number of hydrogen-bond acceptors (Lipinski definition) is 6. The van der Waals surface area contributed by atoms with Crippen molar-refractivity contribution in [3.8, 4) is 0 Å². The molecule has 1 fully saturated rings. The number of halogens is 1. The quantitative estimate of drug-likeness (QED) is 0.556. The molecule has 2 atom stereocenters. The van der Waals surface area contributed by atoms with E-state index in [-0.39, 0.29) is 5.91 Å². The lowest BCUT2D eigenvalue weighted by molar-refractivity contribution is -0.121. The van der Waals surface area contributed by atoms with Crippen LogP contribution >= 0.6 is 15.9 Å². The van der Waals surface area contributed by atoms with Gasteiger partial charge >= 0.3 is 0 Å². The standard InChI is InChI=1S/C23H28BrN5O2/c1-14-9-15(2)13-29(12-14)22-21-16(3)28-31-23(21)27-19(26-22)7-8-20(30)25-11-17-5-4-6-18(24)10-17/h4-6,10,14-15H,7-9,11-13H2,1-3H3,(H,25,30)/t14-,15+. The average molecular weight is 486 g/mol. The smallest absolute Gasteiger partial charge is 0.263 e. The predicted molar refractivity (Wildman–Crippen MR) is 124 cm³/mol. The first kappa shape index (κ1) is 21.7. The zero-order valence-electron chi connectivity index (χ0n) is 18.2. The predicted octanol–water partition coefficient (Wildman–Crippen LogP) is 4.42. The van der Waals surface area contributed by atoms with Crippen LogP contribution in [-0.2, 0) is 17.8 Å². The van der Waals surface area contributed by atoms with Crippen molar-refractivity contribution in [2.75, 3.05) is 18.0 Å². The third-order valence-electron chi connectivity index (χ3n) is 5.66. The molecule has 2 aromatic heterocycles. The first-order chi connectivity index (χ1) is 14.9. The third-order valence-corrected chi connectivity index (χ3v) is 6.15. The minimum absolute atomic E-state index is 0.0285. The van der Waals surface area contributed by atoms with Crippen molar-refractivity contribution >= 4 is 38.8 Å². The van der Waals surface area contributed by atoms with Crippen molar-refractivity contribution < 1.29 is 9.32 Å². The Morgan fingerprint density at radius 1 is 1.26 bits per heavy atom. The fraction of sp³-hybridized carbons (Fsp3) is 0.478. The van der Waals surface area contributed by atoms with Gasteiger partial charge in [0.15, 0.2) is 0 Å². The summed E-state index contributed by atoms with van der Waals surface area (Å²) in [6.07, 6.45) is 1.99. The molecular weight excluding hydrogens is 458 g/mol. The van der Waals surface area contributed by atoms with E-state index in [1.54, 1.807) is 0 Å². The van der Waals surface area contributed by atoms with E-state index in [9.17, 15) is 4.79 Å². The van der Waals surface area contributed by atoms with Crippen molar-refractivity contribution in [3.05, 3.63) is 45.8 Å². The molecular formula is C23H28BrN5O2. The normalized spacial score (nSPS) is 19.0. The summed E-state index contributed by atoms with van der Waals surface area (Å²) in [5.41, 5.74) is 2.35. The van der Waals surface area contributed by atoms with Crippen LogP contribution in [0, 0.1) is 18.8 Å². The number of amides is 1. The first-order valence-corrected chi connectivity index (χ1v) is 11.6. The summed E-state index contributed by atoms with van der Waals surface area (Å²) in [6.45, 7) is 8.87. The number of anilines is 1. The fourth-order valence-electron chi connectivity index (χ4n) is 4.35. The second-order valence-corrected chi connectivity index (χ2v) is 9.58. The van der Waals surface area contributed by atoms with E-state index in [0.717, 1.165) is 40.0 Å². The number of fused-ring (bicyclic) bond motifs is 1. The number of rotatable bonds is 6. The first-order valence-electron chi connectivity index (χ1n) is 10.8. The Labute approximate surface area is 190 Å². The van der Waals surface area contributed by atoms with Gasteiger partial charge in [-0.25, -0.2) is 4.98 Å². The van der Waals surface area contributed by atoms with Gasteiger partial charge in [-0.3, -0.25) is 4.79 Å². The summed E-state index contributed by atoms with van der Waals surface area (Å²) in [5.74, 6) is 2.66. The van der Waals surface area contributed by atoms with Crippen molar-refractivity contribution in [1.29, 1.82) is 0 Å². The molecule has 1 aliphatic rings. The number of nitrogens with zero attached hydrogens (tertiary/aromatic N) is 4. The molecule has 0 spiro atoms. The van der Waals surface area contributed by atoms with Crippen LogP contribution in [0.2, 0.25) is 0 Å². The van der Waals surface area contributed by atoms with Crippen LogP contribution in [-0.4, -0.2) is 34.1 Å². The van der Waals surface area contributed by atoms with Gasteiger partial charge in [0.2, 0.25) is 5.91 Å². The zero-order chi connectivity index (χ0) is 22.0. The number of nitrogens with one attached hydrogen (secondary N) is 1. The molecule has 0 radical (unpaired) electrons. The molecule has 1 saturated heterocycles. The van der Waals surface area contributed by atoms with Crippen LogP contribution in [0.15, 0.2) is 33.3 Å². The average Bonchev–Trinajstić information content (AvgIpc) is 3.10. The second kappa shape index (κ2) is 9.34. The fourth-order valence-corrected chi connectivity index (χ4v) is 4.80. The third kappa shape index (κ3) is 5.23. The Hall–Kier alpha value is -2.48. The van der Waals surface area contributed by atoms with Crippen molar-refractivity contribution in [2.24, 2.45) is 11.8 Å². The molecule has 0 unspecified atom stereocenters. The van der Waals surface area contributed by atoms with E-state index in [4.69, 9.17) is 9.51 Å². The summed E-state index contributed by atoms with van der Waals surface area (Å²) in [5, 5.41) is 7.95. The van der Waals surface area contributed by atoms with Gasteiger partial charge in [0.05, 0.1) is 5.69 Å². The van der Waals surface area contributed by atoms with Gasteiger partial charge in [-0.15, -0.1) is 0 Å². The lowest BCUT2D eigenvalue weighted by Gasteiger charge is -2.36. The van der Waals surface area contributed by atoms with E-state index in [2.05, 4.69) is 50.1 Å². The Morgan fingerprint density at radius 2 is 2.03 bits per heavy atom. The van der Waals surface area contributed by atoms with Gasteiger partial charge in [-0.1, -0.05) is 47.1 Å². The number of carbonyl (C=O) groups excluding carboxylic acids is 1. The summed E-state index contributed by atoms with van der Waals surface area (Å²) >= 11 is 3.45. The molecule has 0 bridgehead atoms. The van der Waals surface area contributed by atoms with Gasteiger partial charge in [-0.2, -0.15) is 4.98 Å². The highest BCUT2D eigenvalue weighted by molar-refractivity contribution is 9.10. The Bertz CT molecular complexity index is 1070. The Balaban J connectivity index is 1.47. The topological polar surface area (TPSA) is 84.1 Å². The van der Waals surface area contributed by atoms with Crippen molar-refractivity contribution in [1.82, 2.24) is 20.4 Å². The molecule has 1 N–H and O–H groups in total. The molecule has 3 heterocycles. The van der Waals surface area contributed by atoms with Crippen LogP contribution in [0.3, 0.4) is 0 Å². The Morgan fingerprint density at radius 3 is 2.77 bits per heavy atom. The molecule has 1 amide bonds. The van der Waals surface area contributed by atoms with E-state index < -0.39 is 0 Å². The highest BCUT2D eigenvalue weighted by atomic mass is 79.9. The molecule has 0 aliphatic carbocycles. The molecule has 3 aromatic rings. The molecule has 4 rings (SSSR count). The van der Waals surface area contributed by atoms with E-state index in [0.29, 0.717) is 42.8 Å². The minimum atomic E-state index is -0.0285. The molecule has 1 aromatic carbocycles. The summed E-state index contributed by atoms with van der Waals surface area (Å²) in [7, 11) is 0. The molecule has 8 heteroatoms. The lowest BCUT2D eigenvalue weighted by atomic mass is 9.92. The van der Waals surface area contributed by atoms with Crippen LogP contribution < -0.4 is 10.2 Å². The summed E-state index contributed by atoms with van der Waals surface area (Å²) in [6, 6.07) is 7.90. The van der Waals surface area contributed by atoms with E-state index in [1.165, 1.54) is 6.42 Å². The summed E-state index contributed by atoms with van der Waals surface area (Å²) in [4.78, 5) is 24.1. The molecule has 1 aliphatic heterocycles. The molecule has 31 heavy (non-hydrogen) atoms. The van der Waals surface area contributed by atoms with Crippen molar-refractivity contribution in [3.63, 3.8) is 0 Å². The molecule has 7 nitrogen and oxygen atoms in total. The van der Waals surface area contributed by atoms with E-state index in [1.807, 2.05) is 31.2 Å². The second-order valence-electron chi connectivity index (χ2n) is 8.67. The Kier molecular flexibility index (Phi) is 6.55. The van der Waals surface area contributed by atoms with Gasteiger partial charge in [0.25, 0.3) is 5.71 Å². The lowest BCUT2D eigenvalue weighted by Crippen LogP contribution is -2.39. The van der Waals surface area contributed by atoms with Gasteiger partial charge in [0, 0.05) is 36.9 Å². The number of hydrogen-bond donors (Lipinski definition) is 1. The largest absolute Gasteiger partial charge is 0.355 e. The SMILES string of the molecule is Cc1noc2nc(CCC(=O)NCc3cccc(Br)c3)nc(N3C[C@H](C)C[C@H](C)C3)c12. The van der Waals surface area contributed by atoms with Gasteiger partial charge < -0.3 is 14.7 Å². The highest BCUT2D eigenvalue weighted by Gasteiger charge is 2.27.